The van der Waals surface area contributed by atoms with Crippen LogP contribution in [0, 0.1) is 17.8 Å². The number of hydrogen-bond acceptors (Lipinski definition) is 15. The molecule has 5 saturated heterocycles. The molecule has 5 aliphatic rings. The molecule has 15 nitrogen and oxygen atoms in total. The van der Waals surface area contributed by atoms with Crippen LogP contribution in [0.4, 0.5) is 0 Å². The van der Waals surface area contributed by atoms with Gasteiger partial charge < -0.3 is 71.4 Å². The summed E-state index contributed by atoms with van der Waals surface area (Å²) in [7, 11) is 0. The molecule has 0 amide bonds. The zero-order valence-electron chi connectivity index (χ0n) is 47.2. The van der Waals surface area contributed by atoms with Crippen LogP contribution >= 0.6 is 0 Å². The van der Waals surface area contributed by atoms with Crippen molar-refractivity contribution in [1.82, 2.24) is 0 Å². The molecule has 6 aromatic carbocycles. The second-order valence-electron chi connectivity index (χ2n) is 22.4. The van der Waals surface area contributed by atoms with Gasteiger partial charge in [0.1, 0.15) is 36.1 Å². The Hall–Kier alpha value is -5.28. The maximum Gasteiger partial charge on any atom is 0.187 e. The monoisotopic (exact) mass is 1120 g/mol. The highest BCUT2D eigenvalue weighted by molar-refractivity contribution is 5.20. The first-order valence-corrected chi connectivity index (χ1v) is 28.9. The van der Waals surface area contributed by atoms with Crippen molar-refractivity contribution in [3.63, 3.8) is 0 Å². The number of rotatable bonds is 24. The average molecular weight is 1120 g/mol. The second-order valence-corrected chi connectivity index (χ2v) is 22.4. The molecule has 0 aliphatic carbocycles. The number of benzene rings is 6. The average Bonchev–Trinajstić information content (AvgIpc) is 3.77. The molecular weight excluding hydrogens is 1040 g/mol. The van der Waals surface area contributed by atoms with Crippen LogP contribution in [0.2, 0.25) is 0 Å². The summed E-state index contributed by atoms with van der Waals surface area (Å²) in [5, 5.41) is 11.6. The summed E-state index contributed by atoms with van der Waals surface area (Å²) in [5.41, 5.74) is 4.95. The largest absolute Gasteiger partial charge is 0.374 e. The summed E-state index contributed by atoms with van der Waals surface area (Å²) in [6.45, 7) is 10.3. The predicted molar refractivity (Wildman–Crippen MR) is 302 cm³/mol. The van der Waals surface area contributed by atoms with E-state index in [1.807, 2.05) is 196 Å². The Balaban J connectivity index is 0.860. The van der Waals surface area contributed by atoms with Gasteiger partial charge in [0.2, 0.25) is 0 Å². The normalized spacial score (nSPS) is 33.7. The van der Waals surface area contributed by atoms with E-state index in [9.17, 15) is 5.11 Å². The van der Waals surface area contributed by atoms with E-state index in [1.165, 1.54) is 0 Å². The SMILES string of the molecule is CC1OC(O)[C@@H](C)C(O[C@@H]2OC(COCc3ccccc3)[C@@H](OCc3ccccc3)C(OCc3ccccc3)[C@H]2C)[C@H]1O[C@@H]1OC[C@@H](C)C(O[C@@H]2OC[C@]3(COCc4ccccc4)O[C@@H](c4ccccc4)OC23)[C@H]1OCc1ccccc1. The molecule has 82 heavy (non-hydrogen) atoms. The van der Waals surface area contributed by atoms with Gasteiger partial charge in [0, 0.05) is 23.3 Å². The molecule has 0 aromatic heterocycles. The molecule has 436 valence electrons. The summed E-state index contributed by atoms with van der Waals surface area (Å²) in [6, 6.07) is 60.0. The van der Waals surface area contributed by atoms with Crippen molar-refractivity contribution in [3.8, 4) is 0 Å². The molecule has 5 heterocycles. The molecule has 1 N–H and O–H groups in total. The van der Waals surface area contributed by atoms with Crippen LogP contribution in [-0.4, -0.2) is 117 Å². The van der Waals surface area contributed by atoms with E-state index >= 15 is 0 Å². The molecule has 15 heteroatoms. The lowest BCUT2D eigenvalue weighted by Gasteiger charge is -2.50. The van der Waals surface area contributed by atoms with Crippen LogP contribution in [-0.2, 0) is 99.4 Å². The van der Waals surface area contributed by atoms with Crippen molar-refractivity contribution in [2.45, 2.75) is 153 Å². The van der Waals surface area contributed by atoms with Crippen molar-refractivity contribution >= 4 is 0 Å². The Bertz CT molecular complexity index is 2810. The van der Waals surface area contributed by atoms with Crippen molar-refractivity contribution in [1.29, 1.82) is 0 Å². The molecule has 5 aliphatic heterocycles. The minimum atomic E-state index is -1.19. The summed E-state index contributed by atoms with van der Waals surface area (Å²) < 4.78 is 95.4. The minimum absolute atomic E-state index is 0.170. The molecule has 0 spiro atoms. The number of fused-ring (bicyclic) bond motifs is 1. The Morgan fingerprint density at radius 2 is 0.939 bits per heavy atom. The Morgan fingerprint density at radius 3 is 1.51 bits per heavy atom. The molecular formula is C67H78O15. The van der Waals surface area contributed by atoms with Crippen LogP contribution in [0.15, 0.2) is 182 Å². The lowest BCUT2D eigenvalue weighted by Crippen LogP contribution is -2.63. The van der Waals surface area contributed by atoms with Gasteiger partial charge in [0.25, 0.3) is 0 Å². The first-order chi connectivity index (χ1) is 40.2. The van der Waals surface area contributed by atoms with E-state index in [0.717, 1.165) is 33.4 Å². The maximum atomic E-state index is 11.6. The fourth-order valence-corrected chi connectivity index (χ4v) is 11.6. The maximum absolute atomic E-state index is 11.6. The number of aliphatic hydroxyl groups excluding tert-OH is 1. The standard InChI is InChI=1S/C67H78O15/c1-44-35-74-65(60(73-40-52-31-19-9-20-32-52)55(44)78-66-61-67(43-75-66,42-70-37-49-25-13-6-14-26-49)82-64(81-61)53-33-21-10-22-34-53)80-58-47(4)76-62(68)45(2)57(58)79-63-46(3)56(71-38-50-27-15-7-16-28-50)59(72-39-51-29-17-8-18-30-51)54(77-63)41-69-36-48-23-11-5-12-24-48/h5-34,44-47,54-66,68H,35-43H2,1-4H3/t44-,45+,46-,47?,54?,55?,56?,57?,58+,59-,60-,61?,62?,63+,64+,65+,66+,67+/m1/s1. The molecule has 0 saturated carbocycles. The van der Waals surface area contributed by atoms with Gasteiger partial charge in [-0.05, 0) is 34.7 Å². The smallest absolute Gasteiger partial charge is 0.187 e. The van der Waals surface area contributed by atoms with E-state index in [2.05, 4.69) is 13.8 Å². The van der Waals surface area contributed by atoms with Gasteiger partial charge >= 0.3 is 0 Å². The quantitative estimate of drug-likeness (QED) is 0.0612. The second kappa shape index (κ2) is 28.1. The van der Waals surface area contributed by atoms with Gasteiger partial charge in [0.15, 0.2) is 31.5 Å². The fourth-order valence-electron chi connectivity index (χ4n) is 11.6. The zero-order chi connectivity index (χ0) is 56.3. The van der Waals surface area contributed by atoms with E-state index < -0.39 is 104 Å². The topological polar surface area (TPSA) is 149 Å². The summed E-state index contributed by atoms with van der Waals surface area (Å²) in [6.07, 6.45) is -10.7. The molecule has 7 unspecified atom stereocenters. The van der Waals surface area contributed by atoms with Crippen molar-refractivity contribution in [3.05, 3.63) is 215 Å². The Kier molecular flexibility index (Phi) is 20.0. The summed E-state index contributed by atoms with van der Waals surface area (Å²) in [5.74, 6) is -1.19. The molecule has 0 bridgehead atoms. The van der Waals surface area contributed by atoms with Gasteiger partial charge in [-0.15, -0.1) is 0 Å². The van der Waals surface area contributed by atoms with Crippen molar-refractivity contribution in [2.24, 2.45) is 17.8 Å². The molecule has 5 fully saturated rings. The first-order valence-electron chi connectivity index (χ1n) is 28.9. The van der Waals surface area contributed by atoms with Crippen LogP contribution in [0.3, 0.4) is 0 Å². The summed E-state index contributed by atoms with van der Waals surface area (Å²) in [4.78, 5) is 0. The minimum Gasteiger partial charge on any atom is -0.374 e. The zero-order valence-corrected chi connectivity index (χ0v) is 47.2. The highest BCUT2D eigenvalue weighted by atomic mass is 16.8. The van der Waals surface area contributed by atoms with Gasteiger partial charge in [-0.25, -0.2) is 0 Å². The van der Waals surface area contributed by atoms with Crippen LogP contribution in [0.5, 0.6) is 0 Å². The number of ether oxygens (including phenoxy) is 14. The van der Waals surface area contributed by atoms with E-state index in [1.54, 1.807) is 0 Å². The third kappa shape index (κ3) is 14.3. The first kappa shape index (κ1) is 58.5. The lowest BCUT2D eigenvalue weighted by molar-refractivity contribution is -0.372. The van der Waals surface area contributed by atoms with Crippen molar-refractivity contribution < 1.29 is 71.4 Å². The van der Waals surface area contributed by atoms with E-state index in [0.29, 0.717) is 26.4 Å². The van der Waals surface area contributed by atoms with Crippen LogP contribution in [0.25, 0.3) is 0 Å². The summed E-state index contributed by atoms with van der Waals surface area (Å²) >= 11 is 0. The fraction of sp³-hybridized carbons (Fsp3) is 0.463. The predicted octanol–water partition coefficient (Wildman–Crippen LogP) is 10.3. The molecule has 0 radical (unpaired) electrons. The molecule has 6 aromatic rings. The van der Waals surface area contributed by atoms with Crippen LogP contribution in [0.1, 0.15) is 67.4 Å². The lowest BCUT2D eigenvalue weighted by atomic mass is 9.89. The third-order valence-electron chi connectivity index (χ3n) is 16.3. The third-order valence-corrected chi connectivity index (χ3v) is 16.3. The van der Waals surface area contributed by atoms with Gasteiger partial charge in [-0.3, -0.25) is 0 Å². The van der Waals surface area contributed by atoms with E-state index in [-0.39, 0.29) is 39.0 Å². The Labute approximate surface area is 481 Å². The highest BCUT2D eigenvalue weighted by Crippen LogP contribution is 2.47. The number of aliphatic hydroxyl groups is 1. The van der Waals surface area contributed by atoms with Crippen molar-refractivity contribution in [2.75, 3.05) is 26.4 Å². The Morgan fingerprint density at radius 1 is 0.451 bits per heavy atom. The molecule has 18 atom stereocenters. The molecule has 11 rings (SSSR count). The van der Waals surface area contributed by atoms with Gasteiger partial charge in [-0.2, -0.15) is 0 Å². The van der Waals surface area contributed by atoms with E-state index in [4.69, 9.17) is 66.3 Å². The van der Waals surface area contributed by atoms with Crippen LogP contribution < -0.4 is 0 Å². The van der Waals surface area contributed by atoms with Gasteiger partial charge in [0.05, 0.1) is 83.9 Å². The number of hydrogen-bond donors (Lipinski definition) is 1. The van der Waals surface area contributed by atoms with Gasteiger partial charge in [-0.1, -0.05) is 203 Å². The highest BCUT2D eigenvalue weighted by Gasteiger charge is 2.61.